The van der Waals surface area contributed by atoms with E-state index in [9.17, 15) is 9.59 Å². The van der Waals surface area contributed by atoms with Gasteiger partial charge in [0.25, 0.3) is 0 Å². The van der Waals surface area contributed by atoms with E-state index in [0.29, 0.717) is 28.6 Å². The molecule has 4 rings (SSSR count). The average molecular weight is 376 g/mol. The molecule has 0 radical (unpaired) electrons. The minimum atomic E-state index is -0.342. The molecule has 2 aromatic carbocycles. The summed E-state index contributed by atoms with van der Waals surface area (Å²) < 4.78 is 10.9. The van der Waals surface area contributed by atoms with E-state index in [1.807, 2.05) is 48.5 Å². The van der Waals surface area contributed by atoms with Gasteiger partial charge in [-0.05, 0) is 49.4 Å². The summed E-state index contributed by atoms with van der Waals surface area (Å²) in [6, 6.07) is 18.3. The number of fused-ring (bicyclic) bond motifs is 1. The number of ether oxygens (including phenoxy) is 1. The van der Waals surface area contributed by atoms with Crippen LogP contribution in [-0.4, -0.2) is 18.4 Å². The fraction of sp³-hybridized carbons (Fsp3) is 0.0909. The average Bonchev–Trinajstić information content (AvgIpc) is 3.28. The predicted molar refractivity (Wildman–Crippen MR) is 105 cm³/mol. The Hall–Kier alpha value is -3.05. The number of hydrogen-bond donors (Lipinski definition) is 0. The van der Waals surface area contributed by atoms with Crippen LogP contribution in [0.5, 0.6) is 0 Å². The van der Waals surface area contributed by atoms with Gasteiger partial charge in [-0.3, -0.25) is 4.79 Å². The number of hydrogen-bond acceptors (Lipinski definition) is 5. The van der Waals surface area contributed by atoms with Crippen molar-refractivity contribution in [2.75, 3.05) is 6.61 Å². The van der Waals surface area contributed by atoms with Crippen LogP contribution in [0, 0.1) is 0 Å². The van der Waals surface area contributed by atoms with Crippen LogP contribution in [-0.2, 0) is 4.74 Å². The fourth-order valence-corrected chi connectivity index (χ4v) is 3.87. The highest BCUT2D eigenvalue weighted by Gasteiger charge is 2.25. The van der Waals surface area contributed by atoms with Gasteiger partial charge in [-0.25, -0.2) is 4.79 Å². The standard InChI is InChI=1S/C22H16O4S/c1-2-25-22(24)15-9-7-14(8-10-15)18-12-11-16(26-18)13-20-21(23)17-5-3-4-6-19(17)27-20/h3-13H,2H2,1H3/b20-13-. The Labute approximate surface area is 160 Å². The van der Waals surface area contributed by atoms with Gasteiger partial charge in [-0.2, -0.15) is 0 Å². The van der Waals surface area contributed by atoms with Gasteiger partial charge in [0, 0.05) is 16.0 Å². The van der Waals surface area contributed by atoms with Gasteiger partial charge in [0.05, 0.1) is 17.1 Å². The van der Waals surface area contributed by atoms with E-state index in [4.69, 9.17) is 9.15 Å². The second-order valence-corrected chi connectivity index (χ2v) is 7.02. The third kappa shape index (κ3) is 3.46. The molecule has 1 aromatic heterocycles. The van der Waals surface area contributed by atoms with Crippen LogP contribution in [0.4, 0.5) is 0 Å². The summed E-state index contributed by atoms with van der Waals surface area (Å²) in [6.07, 6.45) is 1.77. The van der Waals surface area contributed by atoms with Crippen molar-refractivity contribution in [3.8, 4) is 11.3 Å². The molecule has 0 saturated heterocycles. The molecule has 0 N–H and O–H groups in total. The number of benzene rings is 2. The van der Waals surface area contributed by atoms with Crippen LogP contribution in [0.1, 0.15) is 33.4 Å². The Morgan fingerprint density at radius 2 is 1.85 bits per heavy atom. The number of carbonyl (C=O) groups excluding carboxylic acids is 2. The Bertz CT molecular complexity index is 1040. The van der Waals surface area contributed by atoms with Crippen LogP contribution < -0.4 is 0 Å². The number of esters is 1. The van der Waals surface area contributed by atoms with E-state index in [-0.39, 0.29) is 11.8 Å². The number of furan rings is 1. The molecular formula is C22H16O4S. The molecule has 0 aliphatic carbocycles. The van der Waals surface area contributed by atoms with Crippen LogP contribution in [0.25, 0.3) is 17.4 Å². The first-order valence-corrected chi connectivity index (χ1v) is 9.38. The van der Waals surface area contributed by atoms with Gasteiger partial charge in [0.15, 0.2) is 0 Å². The summed E-state index contributed by atoms with van der Waals surface area (Å²) in [7, 11) is 0. The molecule has 1 aliphatic heterocycles. The molecule has 0 saturated carbocycles. The van der Waals surface area contributed by atoms with Gasteiger partial charge >= 0.3 is 5.97 Å². The molecule has 134 valence electrons. The van der Waals surface area contributed by atoms with Gasteiger partial charge < -0.3 is 9.15 Å². The summed E-state index contributed by atoms with van der Waals surface area (Å²) in [5.41, 5.74) is 2.08. The summed E-state index contributed by atoms with van der Waals surface area (Å²) in [4.78, 5) is 25.8. The van der Waals surface area contributed by atoms with Gasteiger partial charge in [-0.15, -0.1) is 0 Å². The maximum Gasteiger partial charge on any atom is 0.338 e. The van der Waals surface area contributed by atoms with Crippen molar-refractivity contribution < 1.29 is 18.7 Å². The summed E-state index contributed by atoms with van der Waals surface area (Å²) in [5, 5.41) is 0. The number of allylic oxidation sites excluding steroid dienone is 1. The number of carbonyl (C=O) groups is 2. The first-order chi connectivity index (χ1) is 13.2. The Morgan fingerprint density at radius 3 is 2.59 bits per heavy atom. The van der Waals surface area contributed by atoms with E-state index < -0.39 is 0 Å². The highest BCUT2D eigenvalue weighted by molar-refractivity contribution is 8.04. The van der Waals surface area contributed by atoms with Crippen molar-refractivity contribution in [1.82, 2.24) is 0 Å². The zero-order chi connectivity index (χ0) is 18.8. The SMILES string of the molecule is CCOC(=O)c1ccc(-c2ccc(/C=C3\Sc4ccccc4C3=O)o2)cc1. The van der Waals surface area contributed by atoms with Crippen LogP contribution in [0.3, 0.4) is 0 Å². The topological polar surface area (TPSA) is 56.5 Å². The third-order valence-electron chi connectivity index (χ3n) is 4.16. The molecule has 0 bridgehead atoms. The van der Waals surface area contributed by atoms with Crippen molar-refractivity contribution >= 4 is 29.6 Å². The highest BCUT2D eigenvalue weighted by atomic mass is 32.2. The molecule has 0 atom stereocenters. The number of rotatable bonds is 4. The van der Waals surface area contributed by atoms with E-state index in [0.717, 1.165) is 16.0 Å². The molecule has 2 heterocycles. The zero-order valence-electron chi connectivity index (χ0n) is 14.6. The van der Waals surface area contributed by atoms with Gasteiger partial charge in [0.1, 0.15) is 11.5 Å². The predicted octanol–water partition coefficient (Wildman–Crippen LogP) is 5.45. The number of ketones is 1. The molecule has 0 amide bonds. The molecule has 0 spiro atoms. The first kappa shape index (κ1) is 17.4. The molecule has 0 fully saturated rings. The maximum atomic E-state index is 12.5. The lowest BCUT2D eigenvalue weighted by Gasteiger charge is -2.02. The normalized spacial score (nSPS) is 14.4. The highest BCUT2D eigenvalue weighted by Crippen LogP contribution is 2.40. The van der Waals surface area contributed by atoms with E-state index in [2.05, 4.69) is 0 Å². The van der Waals surface area contributed by atoms with Gasteiger partial charge in [0.2, 0.25) is 5.78 Å². The molecule has 3 aromatic rings. The quantitative estimate of drug-likeness (QED) is 0.447. The summed E-state index contributed by atoms with van der Waals surface area (Å²) >= 11 is 1.45. The zero-order valence-corrected chi connectivity index (χ0v) is 15.4. The van der Waals surface area contributed by atoms with Crippen molar-refractivity contribution in [2.45, 2.75) is 11.8 Å². The lowest BCUT2D eigenvalue weighted by atomic mass is 10.1. The van der Waals surface area contributed by atoms with Crippen LogP contribution in [0.2, 0.25) is 0 Å². The van der Waals surface area contributed by atoms with E-state index >= 15 is 0 Å². The van der Waals surface area contributed by atoms with Crippen LogP contribution >= 0.6 is 11.8 Å². The molecule has 27 heavy (non-hydrogen) atoms. The van der Waals surface area contributed by atoms with Crippen molar-refractivity contribution in [1.29, 1.82) is 0 Å². The van der Waals surface area contributed by atoms with Crippen LogP contribution in [0.15, 0.2) is 74.9 Å². The minimum Gasteiger partial charge on any atom is -0.462 e. The smallest absolute Gasteiger partial charge is 0.338 e. The molecule has 5 heteroatoms. The Balaban J connectivity index is 1.54. The third-order valence-corrected chi connectivity index (χ3v) is 5.26. The van der Waals surface area contributed by atoms with Gasteiger partial charge in [-0.1, -0.05) is 36.0 Å². The first-order valence-electron chi connectivity index (χ1n) is 8.56. The Kier molecular flexibility index (Phi) is 4.69. The monoisotopic (exact) mass is 376 g/mol. The number of Topliss-reactive ketones (excluding diaryl/α,β-unsaturated/α-hetero) is 1. The Morgan fingerprint density at radius 1 is 1.07 bits per heavy atom. The van der Waals surface area contributed by atoms with Crippen molar-refractivity contribution in [3.05, 3.63) is 82.5 Å². The summed E-state index contributed by atoms with van der Waals surface area (Å²) in [5.74, 6) is 0.964. The largest absolute Gasteiger partial charge is 0.462 e. The maximum absolute atomic E-state index is 12.5. The van der Waals surface area contributed by atoms with E-state index in [1.54, 1.807) is 25.1 Å². The fourth-order valence-electron chi connectivity index (χ4n) is 2.84. The molecular weight excluding hydrogens is 360 g/mol. The second-order valence-electron chi connectivity index (χ2n) is 5.94. The second kappa shape index (κ2) is 7.29. The molecule has 0 unspecified atom stereocenters. The number of thioether (sulfide) groups is 1. The molecule has 1 aliphatic rings. The summed E-state index contributed by atoms with van der Waals surface area (Å²) in [6.45, 7) is 2.12. The van der Waals surface area contributed by atoms with E-state index in [1.165, 1.54) is 11.8 Å². The molecule has 4 nitrogen and oxygen atoms in total. The van der Waals surface area contributed by atoms with Crippen molar-refractivity contribution in [3.63, 3.8) is 0 Å². The van der Waals surface area contributed by atoms with Crippen molar-refractivity contribution in [2.24, 2.45) is 0 Å². The minimum absolute atomic E-state index is 0.0207. The lowest BCUT2D eigenvalue weighted by Crippen LogP contribution is -2.03. The lowest BCUT2D eigenvalue weighted by molar-refractivity contribution is 0.0526.